The first-order valence-electron chi connectivity index (χ1n) is 8.96. The molecule has 0 spiro atoms. The Balaban J connectivity index is 0.00000312. The highest BCUT2D eigenvalue weighted by Crippen LogP contribution is 2.14. The zero-order valence-corrected chi connectivity index (χ0v) is 17.9. The second-order valence-corrected chi connectivity index (χ2v) is 6.30. The van der Waals surface area contributed by atoms with E-state index >= 15 is 0 Å². The van der Waals surface area contributed by atoms with Gasteiger partial charge in [-0.1, -0.05) is 19.0 Å². The van der Waals surface area contributed by atoms with Crippen LogP contribution in [0.1, 0.15) is 44.6 Å². The maximum absolute atomic E-state index is 5.37. The molecule has 0 amide bonds. The fraction of sp³-hybridized carbons (Fsp3) is 0.765. The summed E-state index contributed by atoms with van der Waals surface area (Å²) in [6.07, 6.45) is 1.09. The number of halogens is 1. The Labute approximate surface area is 168 Å². The van der Waals surface area contributed by atoms with Crippen LogP contribution >= 0.6 is 24.0 Å². The Morgan fingerprint density at radius 1 is 1.32 bits per heavy atom. The minimum atomic E-state index is 0. The van der Waals surface area contributed by atoms with E-state index in [1.165, 1.54) is 0 Å². The Bertz CT molecular complexity index is 501. The van der Waals surface area contributed by atoms with Crippen molar-refractivity contribution in [2.75, 3.05) is 45.9 Å². The fourth-order valence-electron chi connectivity index (χ4n) is 2.51. The van der Waals surface area contributed by atoms with Crippen LogP contribution in [0.4, 0.5) is 0 Å². The molecule has 25 heavy (non-hydrogen) atoms. The smallest absolute Gasteiger partial charge is 0.191 e. The minimum Gasteiger partial charge on any atom is -0.379 e. The number of nitrogens with one attached hydrogen (secondary N) is 2. The van der Waals surface area contributed by atoms with Gasteiger partial charge in [0.1, 0.15) is 6.54 Å². The van der Waals surface area contributed by atoms with E-state index < -0.39 is 0 Å². The molecule has 2 rings (SSSR count). The van der Waals surface area contributed by atoms with E-state index in [1.54, 1.807) is 0 Å². The van der Waals surface area contributed by atoms with Gasteiger partial charge in [0.2, 0.25) is 0 Å². The third-order valence-corrected chi connectivity index (χ3v) is 3.95. The normalized spacial score (nSPS) is 15.9. The number of hydrogen-bond acceptors (Lipinski definition) is 5. The van der Waals surface area contributed by atoms with Crippen LogP contribution in [-0.4, -0.2) is 62.0 Å². The monoisotopic (exact) mass is 465 g/mol. The number of hydrogen-bond donors (Lipinski definition) is 2. The number of nitrogens with zero attached hydrogens (tertiary/aromatic N) is 3. The van der Waals surface area contributed by atoms with Gasteiger partial charge in [0.15, 0.2) is 11.7 Å². The third kappa shape index (κ3) is 8.37. The zero-order chi connectivity index (χ0) is 17.2. The van der Waals surface area contributed by atoms with Crippen molar-refractivity contribution in [2.45, 2.75) is 39.7 Å². The highest BCUT2D eigenvalue weighted by Gasteiger charge is 2.10. The molecule has 1 aliphatic heterocycles. The van der Waals surface area contributed by atoms with Gasteiger partial charge >= 0.3 is 0 Å². The van der Waals surface area contributed by atoms with E-state index in [2.05, 4.69) is 46.5 Å². The minimum absolute atomic E-state index is 0. The number of rotatable bonds is 8. The van der Waals surface area contributed by atoms with Crippen LogP contribution in [0.3, 0.4) is 0 Å². The van der Waals surface area contributed by atoms with Crippen molar-refractivity contribution in [2.24, 2.45) is 4.99 Å². The Morgan fingerprint density at radius 3 is 2.72 bits per heavy atom. The Morgan fingerprint density at radius 2 is 2.08 bits per heavy atom. The van der Waals surface area contributed by atoms with Crippen molar-refractivity contribution >= 4 is 29.9 Å². The van der Waals surface area contributed by atoms with Gasteiger partial charge in [0.05, 0.1) is 18.9 Å². The third-order valence-electron chi connectivity index (χ3n) is 3.95. The number of aromatic nitrogens is 1. The summed E-state index contributed by atoms with van der Waals surface area (Å²) < 4.78 is 10.7. The molecule has 0 saturated carbocycles. The molecule has 1 saturated heterocycles. The molecule has 1 fully saturated rings. The summed E-state index contributed by atoms with van der Waals surface area (Å²) in [7, 11) is 0. The summed E-state index contributed by atoms with van der Waals surface area (Å²) >= 11 is 0. The van der Waals surface area contributed by atoms with Crippen molar-refractivity contribution in [3.8, 4) is 0 Å². The van der Waals surface area contributed by atoms with Crippen molar-refractivity contribution in [3.05, 3.63) is 17.5 Å². The first-order valence-corrected chi connectivity index (χ1v) is 8.96. The molecular weight excluding hydrogens is 433 g/mol. The number of aliphatic imine (C=N–C) groups is 1. The van der Waals surface area contributed by atoms with E-state index in [9.17, 15) is 0 Å². The van der Waals surface area contributed by atoms with Crippen LogP contribution in [0.2, 0.25) is 0 Å². The predicted molar refractivity (Wildman–Crippen MR) is 111 cm³/mol. The first kappa shape index (κ1) is 22.2. The second-order valence-electron chi connectivity index (χ2n) is 6.30. The van der Waals surface area contributed by atoms with Crippen LogP contribution < -0.4 is 10.6 Å². The van der Waals surface area contributed by atoms with Crippen LogP contribution in [0.25, 0.3) is 0 Å². The van der Waals surface area contributed by atoms with Crippen molar-refractivity contribution in [1.82, 2.24) is 20.7 Å². The second kappa shape index (κ2) is 12.5. The van der Waals surface area contributed by atoms with Gasteiger partial charge < -0.3 is 19.9 Å². The summed E-state index contributed by atoms with van der Waals surface area (Å²) in [4.78, 5) is 7.01. The Kier molecular flexibility index (Phi) is 11.1. The molecule has 1 aliphatic rings. The molecule has 7 nitrogen and oxygen atoms in total. The largest absolute Gasteiger partial charge is 0.379 e. The molecule has 0 bridgehead atoms. The van der Waals surface area contributed by atoms with Gasteiger partial charge in [-0.25, -0.2) is 4.99 Å². The van der Waals surface area contributed by atoms with Crippen LogP contribution in [-0.2, 0) is 11.3 Å². The molecule has 0 unspecified atom stereocenters. The van der Waals surface area contributed by atoms with Crippen LogP contribution in [0.5, 0.6) is 0 Å². The van der Waals surface area contributed by atoms with Gasteiger partial charge in [-0.3, -0.25) is 4.90 Å². The molecule has 144 valence electrons. The van der Waals surface area contributed by atoms with Gasteiger partial charge in [-0.05, 0) is 25.8 Å². The van der Waals surface area contributed by atoms with E-state index in [0.717, 1.165) is 69.8 Å². The van der Waals surface area contributed by atoms with Crippen molar-refractivity contribution in [1.29, 1.82) is 0 Å². The van der Waals surface area contributed by atoms with Crippen molar-refractivity contribution < 1.29 is 9.26 Å². The average molecular weight is 465 g/mol. The first-order chi connectivity index (χ1) is 11.7. The number of guanidine groups is 1. The maximum Gasteiger partial charge on any atom is 0.191 e. The average Bonchev–Trinajstić information content (AvgIpc) is 3.06. The SMILES string of the molecule is CCNC(=NCc1cc(C(C)C)no1)NCCCN1CCOCC1.I. The summed E-state index contributed by atoms with van der Waals surface area (Å²) in [6, 6.07) is 1.98. The summed E-state index contributed by atoms with van der Waals surface area (Å²) in [5.41, 5.74) is 0.976. The lowest BCUT2D eigenvalue weighted by molar-refractivity contribution is 0.0376. The maximum atomic E-state index is 5.37. The lowest BCUT2D eigenvalue weighted by atomic mass is 10.1. The van der Waals surface area contributed by atoms with Gasteiger partial charge in [0.25, 0.3) is 0 Å². The molecule has 0 atom stereocenters. The zero-order valence-electron chi connectivity index (χ0n) is 15.6. The lowest BCUT2D eigenvalue weighted by Gasteiger charge is -2.26. The molecule has 1 aromatic heterocycles. The Hall–Kier alpha value is -0.870. The van der Waals surface area contributed by atoms with Crippen LogP contribution in [0, 0.1) is 0 Å². The molecule has 0 aromatic carbocycles. The van der Waals surface area contributed by atoms with Gasteiger partial charge in [0, 0.05) is 32.2 Å². The van der Waals surface area contributed by atoms with Gasteiger partial charge in [-0.2, -0.15) is 0 Å². The summed E-state index contributed by atoms with van der Waals surface area (Å²) in [5.74, 6) is 1.99. The highest BCUT2D eigenvalue weighted by molar-refractivity contribution is 14.0. The molecule has 2 N–H and O–H groups in total. The topological polar surface area (TPSA) is 74.9 Å². The van der Waals surface area contributed by atoms with E-state index in [0.29, 0.717) is 12.5 Å². The summed E-state index contributed by atoms with van der Waals surface area (Å²) in [5, 5.41) is 10.7. The number of morpholine rings is 1. The van der Waals surface area contributed by atoms with E-state index in [-0.39, 0.29) is 24.0 Å². The molecule has 2 heterocycles. The van der Waals surface area contributed by atoms with Gasteiger partial charge in [-0.15, -0.1) is 24.0 Å². The number of ether oxygens (including phenoxy) is 1. The van der Waals surface area contributed by atoms with E-state index in [1.807, 2.05) is 6.07 Å². The molecule has 1 aromatic rings. The molecule has 0 radical (unpaired) electrons. The van der Waals surface area contributed by atoms with E-state index in [4.69, 9.17) is 9.26 Å². The fourth-order valence-corrected chi connectivity index (χ4v) is 2.51. The molecule has 8 heteroatoms. The summed E-state index contributed by atoms with van der Waals surface area (Å²) in [6.45, 7) is 13.4. The van der Waals surface area contributed by atoms with Crippen LogP contribution in [0.15, 0.2) is 15.6 Å². The predicted octanol–water partition coefficient (Wildman–Crippen LogP) is 2.19. The lowest BCUT2D eigenvalue weighted by Crippen LogP contribution is -2.40. The molecular formula is C17H32IN5O2. The highest BCUT2D eigenvalue weighted by atomic mass is 127. The van der Waals surface area contributed by atoms with Crippen molar-refractivity contribution in [3.63, 3.8) is 0 Å². The standard InChI is InChI=1S/C17H31N5O2.HI/c1-4-18-17(19-6-5-7-22-8-10-23-11-9-22)20-13-15-12-16(14(2)3)21-24-15;/h12,14H,4-11,13H2,1-3H3,(H2,18,19,20);1H. The molecule has 0 aliphatic carbocycles. The quantitative estimate of drug-likeness (QED) is 0.266.